The summed E-state index contributed by atoms with van der Waals surface area (Å²) < 4.78 is 2.21. The van der Waals surface area contributed by atoms with Gasteiger partial charge in [-0.3, -0.25) is 0 Å². The zero-order chi connectivity index (χ0) is 8.39. The Morgan fingerprint density at radius 2 is 2.33 bits per heavy atom. The SMILES string of the molecule is C=CCn1cnc2c1CCCC2. The van der Waals surface area contributed by atoms with Crippen molar-refractivity contribution in [1.29, 1.82) is 0 Å². The maximum absolute atomic E-state index is 4.39. The molecule has 0 amide bonds. The molecule has 1 aromatic rings. The van der Waals surface area contributed by atoms with Crippen LogP contribution in [0.15, 0.2) is 19.0 Å². The molecule has 1 aromatic heterocycles. The lowest BCUT2D eigenvalue weighted by molar-refractivity contribution is 0.632. The van der Waals surface area contributed by atoms with Gasteiger partial charge in [-0.05, 0) is 25.7 Å². The van der Waals surface area contributed by atoms with Gasteiger partial charge in [-0.1, -0.05) is 6.08 Å². The van der Waals surface area contributed by atoms with E-state index >= 15 is 0 Å². The zero-order valence-corrected chi connectivity index (χ0v) is 7.29. The van der Waals surface area contributed by atoms with Crippen molar-refractivity contribution < 1.29 is 0 Å². The Bertz CT molecular complexity index is 286. The number of allylic oxidation sites excluding steroid dienone is 1. The quantitative estimate of drug-likeness (QED) is 0.608. The predicted molar refractivity (Wildman–Crippen MR) is 49.1 cm³/mol. The number of hydrogen-bond acceptors (Lipinski definition) is 1. The Balaban J connectivity index is 2.31. The van der Waals surface area contributed by atoms with E-state index in [2.05, 4.69) is 16.1 Å². The van der Waals surface area contributed by atoms with Gasteiger partial charge >= 0.3 is 0 Å². The van der Waals surface area contributed by atoms with Crippen LogP contribution in [0, 0.1) is 0 Å². The summed E-state index contributed by atoms with van der Waals surface area (Å²) in [7, 11) is 0. The van der Waals surface area contributed by atoms with Crippen molar-refractivity contribution in [3.63, 3.8) is 0 Å². The van der Waals surface area contributed by atoms with Gasteiger partial charge in [-0.25, -0.2) is 4.98 Å². The van der Waals surface area contributed by atoms with E-state index < -0.39 is 0 Å². The Morgan fingerprint density at radius 1 is 1.50 bits per heavy atom. The molecule has 0 unspecified atom stereocenters. The van der Waals surface area contributed by atoms with Crippen molar-refractivity contribution >= 4 is 0 Å². The van der Waals surface area contributed by atoms with Gasteiger partial charge in [0, 0.05) is 12.2 Å². The molecule has 12 heavy (non-hydrogen) atoms. The molecule has 0 spiro atoms. The van der Waals surface area contributed by atoms with Crippen LogP contribution in [0.5, 0.6) is 0 Å². The van der Waals surface area contributed by atoms with Crippen LogP contribution >= 0.6 is 0 Å². The third-order valence-electron chi connectivity index (χ3n) is 2.44. The molecule has 64 valence electrons. The van der Waals surface area contributed by atoms with E-state index in [0.29, 0.717) is 0 Å². The molecule has 0 bridgehead atoms. The first-order valence-corrected chi connectivity index (χ1v) is 4.55. The van der Waals surface area contributed by atoms with Gasteiger partial charge in [0.15, 0.2) is 0 Å². The highest BCUT2D eigenvalue weighted by atomic mass is 15.1. The summed E-state index contributed by atoms with van der Waals surface area (Å²) in [6.07, 6.45) is 8.85. The van der Waals surface area contributed by atoms with Gasteiger partial charge in [-0.15, -0.1) is 6.58 Å². The van der Waals surface area contributed by atoms with Gasteiger partial charge in [0.05, 0.1) is 12.0 Å². The smallest absolute Gasteiger partial charge is 0.0954 e. The molecule has 0 aromatic carbocycles. The summed E-state index contributed by atoms with van der Waals surface area (Å²) in [5.41, 5.74) is 2.74. The average Bonchev–Trinajstić information content (AvgIpc) is 2.50. The van der Waals surface area contributed by atoms with E-state index in [-0.39, 0.29) is 0 Å². The molecule has 0 atom stereocenters. The molecular formula is C10H14N2. The van der Waals surface area contributed by atoms with E-state index in [1.165, 1.54) is 37.1 Å². The molecule has 0 fully saturated rings. The predicted octanol–water partition coefficient (Wildman–Crippen LogP) is 1.95. The molecule has 2 heteroatoms. The van der Waals surface area contributed by atoms with Crippen molar-refractivity contribution in [2.24, 2.45) is 0 Å². The molecule has 1 heterocycles. The summed E-state index contributed by atoms with van der Waals surface area (Å²) in [4.78, 5) is 4.39. The second-order valence-corrected chi connectivity index (χ2v) is 3.29. The molecule has 0 aliphatic heterocycles. The van der Waals surface area contributed by atoms with Crippen LogP contribution in [0.2, 0.25) is 0 Å². The van der Waals surface area contributed by atoms with Gasteiger partial charge in [0.2, 0.25) is 0 Å². The maximum Gasteiger partial charge on any atom is 0.0954 e. The minimum Gasteiger partial charge on any atom is -0.331 e. The Kier molecular flexibility index (Phi) is 1.98. The number of rotatable bonds is 2. The minimum atomic E-state index is 0.905. The highest BCUT2D eigenvalue weighted by molar-refractivity contribution is 5.16. The van der Waals surface area contributed by atoms with Crippen molar-refractivity contribution in [3.05, 3.63) is 30.4 Å². The van der Waals surface area contributed by atoms with Gasteiger partial charge in [0.1, 0.15) is 0 Å². The summed E-state index contributed by atoms with van der Waals surface area (Å²) in [6, 6.07) is 0. The van der Waals surface area contributed by atoms with E-state index in [4.69, 9.17) is 0 Å². The van der Waals surface area contributed by atoms with E-state index in [0.717, 1.165) is 6.54 Å². The number of hydrogen-bond donors (Lipinski definition) is 0. The normalized spacial score (nSPS) is 15.7. The van der Waals surface area contributed by atoms with Crippen molar-refractivity contribution in [1.82, 2.24) is 9.55 Å². The second kappa shape index (κ2) is 3.13. The van der Waals surface area contributed by atoms with Crippen molar-refractivity contribution in [2.45, 2.75) is 32.2 Å². The van der Waals surface area contributed by atoms with Crippen molar-refractivity contribution in [3.8, 4) is 0 Å². The third kappa shape index (κ3) is 1.17. The van der Waals surface area contributed by atoms with Crippen LogP contribution in [-0.4, -0.2) is 9.55 Å². The summed E-state index contributed by atoms with van der Waals surface area (Å²) in [5.74, 6) is 0. The fraction of sp³-hybridized carbons (Fsp3) is 0.500. The van der Waals surface area contributed by atoms with Crippen LogP contribution in [-0.2, 0) is 19.4 Å². The van der Waals surface area contributed by atoms with Crippen LogP contribution in [0.1, 0.15) is 24.2 Å². The summed E-state index contributed by atoms with van der Waals surface area (Å²) in [5, 5.41) is 0. The molecular weight excluding hydrogens is 148 g/mol. The highest BCUT2D eigenvalue weighted by Crippen LogP contribution is 2.19. The zero-order valence-electron chi connectivity index (χ0n) is 7.29. The lowest BCUT2D eigenvalue weighted by atomic mass is 10.0. The van der Waals surface area contributed by atoms with Gasteiger partial charge in [-0.2, -0.15) is 0 Å². The number of aryl methyl sites for hydroxylation is 1. The molecule has 1 aliphatic rings. The fourth-order valence-electron chi connectivity index (χ4n) is 1.83. The number of fused-ring (bicyclic) bond motifs is 1. The van der Waals surface area contributed by atoms with Crippen LogP contribution < -0.4 is 0 Å². The molecule has 0 saturated heterocycles. The molecule has 0 saturated carbocycles. The third-order valence-corrected chi connectivity index (χ3v) is 2.44. The molecule has 0 radical (unpaired) electrons. The fourth-order valence-corrected chi connectivity index (χ4v) is 1.83. The standard InChI is InChI=1S/C10H14N2/c1-2-7-12-8-11-9-5-3-4-6-10(9)12/h2,8H,1,3-7H2. The van der Waals surface area contributed by atoms with Gasteiger partial charge < -0.3 is 4.57 Å². The van der Waals surface area contributed by atoms with Crippen LogP contribution in [0.4, 0.5) is 0 Å². The first-order valence-electron chi connectivity index (χ1n) is 4.55. The number of imidazole rings is 1. The monoisotopic (exact) mass is 162 g/mol. The molecule has 0 N–H and O–H groups in total. The van der Waals surface area contributed by atoms with E-state index in [9.17, 15) is 0 Å². The van der Waals surface area contributed by atoms with E-state index in [1.807, 2.05) is 12.4 Å². The first kappa shape index (κ1) is 7.59. The van der Waals surface area contributed by atoms with Crippen LogP contribution in [0.3, 0.4) is 0 Å². The molecule has 2 rings (SSSR count). The molecule has 2 nitrogen and oxygen atoms in total. The second-order valence-electron chi connectivity index (χ2n) is 3.29. The van der Waals surface area contributed by atoms with Crippen molar-refractivity contribution in [2.75, 3.05) is 0 Å². The number of aromatic nitrogens is 2. The Labute approximate surface area is 72.9 Å². The topological polar surface area (TPSA) is 17.8 Å². The van der Waals surface area contributed by atoms with E-state index in [1.54, 1.807) is 0 Å². The van der Waals surface area contributed by atoms with Gasteiger partial charge in [0.25, 0.3) is 0 Å². The highest BCUT2D eigenvalue weighted by Gasteiger charge is 2.13. The summed E-state index contributed by atoms with van der Waals surface area (Å²) >= 11 is 0. The largest absolute Gasteiger partial charge is 0.331 e. The summed E-state index contributed by atoms with van der Waals surface area (Å²) in [6.45, 7) is 4.64. The van der Waals surface area contributed by atoms with Crippen LogP contribution in [0.25, 0.3) is 0 Å². The lowest BCUT2D eigenvalue weighted by Gasteiger charge is -2.12. The molecule has 1 aliphatic carbocycles. The Hall–Kier alpha value is -1.05. The lowest BCUT2D eigenvalue weighted by Crippen LogP contribution is -2.07. The first-order chi connectivity index (χ1) is 5.92. The average molecular weight is 162 g/mol. The Morgan fingerprint density at radius 3 is 3.17 bits per heavy atom. The maximum atomic E-state index is 4.39. The number of nitrogens with zero attached hydrogens (tertiary/aromatic N) is 2. The minimum absolute atomic E-state index is 0.905.